The average Bonchev–Trinajstić information content (AvgIpc) is 2.51. The molecule has 0 radical (unpaired) electrons. The third kappa shape index (κ3) is 2.69. The SMILES string of the molecule is Cc1cc(Oc2ncc(CCl)c3ccccc23)ccc1F. The predicted octanol–water partition coefficient (Wildman–Crippen LogP) is 5.21. The number of hydrogen-bond acceptors (Lipinski definition) is 2. The first-order valence-electron chi connectivity index (χ1n) is 6.55. The standard InChI is InChI=1S/C17H13ClFNO/c1-11-8-13(6-7-16(11)19)21-17-15-5-3-2-4-14(15)12(9-18)10-20-17/h2-8,10H,9H2,1H3. The largest absolute Gasteiger partial charge is 0.438 e. The molecule has 2 aromatic carbocycles. The van der Waals surface area contributed by atoms with Crippen LogP contribution < -0.4 is 4.74 Å². The molecule has 0 bridgehead atoms. The van der Waals surface area contributed by atoms with E-state index in [1.807, 2.05) is 24.3 Å². The van der Waals surface area contributed by atoms with Crippen molar-refractivity contribution in [2.45, 2.75) is 12.8 Å². The van der Waals surface area contributed by atoms with Crippen molar-refractivity contribution in [2.75, 3.05) is 0 Å². The van der Waals surface area contributed by atoms with Crippen LogP contribution in [0.25, 0.3) is 10.8 Å². The monoisotopic (exact) mass is 301 g/mol. The highest BCUT2D eigenvalue weighted by molar-refractivity contribution is 6.18. The van der Waals surface area contributed by atoms with Crippen molar-refractivity contribution in [3.05, 3.63) is 65.6 Å². The molecule has 0 unspecified atom stereocenters. The molecule has 4 heteroatoms. The maximum atomic E-state index is 13.3. The zero-order chi connectivity index (χ0) is 14.8. The van der Waals surface area contributed by atoms with Crippen LogP contribution in [0.15, 0.2) is 48.7 Å². The second kappa shape index (κ2) is 5.70. The maximum Gasteiger partial charge on any atom is 0.227 e. The van der Waals surface area contributed by atoms with Crippen molar-refractivity contribution < 1.29 is 9.13 Å². The Labute approximate surface area is 127 Å². The van der Waals surface area contributed by atoms with Gasteiger partial charge >= 0.3 is 0 Å². The van der Waals surface area contributed by atoms with E-state index in [1.54, 1.807) is 25.3 Å². The highest BCUT2D eigenvalue weighted by Crippen LogP contribution is 2.30. The third-order valence-electron chi connectivity index (χ3n) is 3.33. The fourth-order valence-corrected chi connectivity index (χ4v) is 2.42. The Bertz CT molecular complexity index is 804. The lowest BCUT2D eigenvalue weighted by molar-refractivity contribution is 0.466. The summed E-state index contributed by atoms with van der Waals surface area (Å²) in [6, 6.07) is 12.4. The van der Waals surface area contributed by atoms with Gasteiger partial charge in [-0.15, -0.1) is 11.6 Å². The minimum Gasteiger partial charge on any atom is -0.438 e. The summed E-state index contributed by atoms with van der Waals surface area (Å²) in [6.07, 6.45) is 1.71. The van der Waals surface area contributed by atoms with Gasteiger partial charge in [-0.3, -0.25) is 0 Å². The van der Waals surface area contributed by atoms with Crippen molar-refractivity contribution in [1.29, 1.82) is 0 Å². The smallest absolute Gasteiger partial charge is 0.227 e. The van der Waals surface area contributed by atoms with Gasteiger partial charge in [-0.1, -0.05) is 18.2 Å². The highest BCUT2D eigenvalue weighted by Gasteiger charge is 2.09. The molecule has 1 heterocycles. The molecule has 0 aliphatic rings. The molecule has 106 valence electrons. The molecular formula is C17H13ClFNO. The van der Waals surface area contributed by atoms with E-state index in [-0.39, 0.29) is 5.82 Å². The first kappa shape index (κ1) is 13.8. The average molecular weight is 302 g/mol. The molecule has 0 amide bonds. The van der Waals surface area contributed by atoms with Gasteiger partial charge in [0, 0.05) is 17.5 Å². The van der Waals surface area contributed by atoms with Crippen LogP contribution in [0.1, 0.15) is 11.1 Å². The Balaban J connectivity index is 2.06. The molecule has 0 atom stereocenters. The lowest BCUT2D eigenvalue weighted by atomic mass is 10.1. The van der Waals surface area contributed by atoms with Crippen molar-refractivity contribution >= 4 is 22.4 Å². The number of nitrogens with zero attached hydrogens (tertiary/aromatic N) is 1. The van der Waals surface area contributed by atoms with Crippen molar-refractivity contribution in [2.24, 2.45) is 0 Å². The van der Waals surface area contributed by atoms with Gasteiger partial charge in [0.25, 0.3) is 0 Å². The molecule has 3 rings (SSSR count). The Hall–Kier alpha value is -2.13. The number of benzene rings is 2. The Morgan fingerprint density at radius 3 is 2.62 bits per heavy atom. The highest BCUT2D eigenvalue weighted by atomic mass is 35.5. The van der Waals surface area contributed by atoms with E-state index in [4.69, 9.17) is 16.3 Å². The first-order valence-corrected chi connectivity index (χ1v) is 7.09. The minimum absolute atomic E-state index is 0.252. The van der Waals surface area contributed by atoms with Crippen LogP contribution in [0.5, 0.6) is 11.6 Å². The summed E-state index contributed by atoms with van der Waals surface area (Å²) in [5.74, 6) is 1.19. The fraction of sp³-hybridized carbons (Fsp3) is 0.118. The van der Waals surface area contributed by atoms with Crippen LogP contribution in [0, 0.1) is 12.7 Å². The van der Waals surface area contributed by atoms with Crippen LogP contribution in [0.4, 0.5) is 4.39 Å². The minimum atomic E-state index is -0.252. The van der Waals surface area contributed by atoms with E-state index in [2.05, 4.69) is 4.98 Å². The lowest BCUT2D eigenvalue weighted by Crippen LogP contribution is -1.93. The van der Waals surface area contributed by atoms with E-state index in [0.717, 1.165) is 16.3 Å². The Kier molecular flexibility index (Phi) is 3.76. The number of fused-ring (bicyclic) bond motifs is 1. The summed E-state index contributed by atoms with van der Waals surface area (Å²) >= 11 is 5.93. The van der Waals surface area contributed by atoms with Crippen molar-refractivity contribution in [3.8, 4) is 11.6 Å². The van der Waals surface area contributed by atoms with Gasteiger partial charge in [-0.2, -0.15) is 0 Å². The lowest BCUT2D eigenvalue weighted by Gasteiger charge is -2.10. The quantitative estimate of drug-likeness (QED) is 0.619. The maximum absolute atomic E-state index is 13.3. The first-order chi connectivity index (χ1) is 10.2. The molecule has 0 saturated carbocycles. The van der Waals surface area contributed by atoms with Crippen LogP contribution in [-0.2, 0) is 5.88 Å². The summed E-state index contributed by atoms with van der Waals surface area (Å²) in [6.45, 7) is 1.70. The van der Waals surface area contributed by atoms with E-state index in [1.165, 1.54) is 6.07 Å². The van der Waals surface area contributed by atoms with Crippen LogP contribution in [-0.4, -0.2) is 4.98 Å². The molecule has 3 aromatic rings. The molecule has 1 aromatic heterocycles. The third-order valence-corrected chi connectivity index (χ3v) is 3.62. The molecule has 0 saturated heterocycles. The molecule has 0 aliphatic heterocycles. The molecule has 0 fully saturated rings. The van der Waals surface area contributed by atoms with Crippen LogP contribution >= 0.6 is 11.6 Å². The van der Waals surface area contributed by atoms with Gasteiger partial charge in [0.1, 0.15) is 11.6 Å². The molecule has 0 N–H and O–H groups in total. The summed E-state index contributed by atoms with van der Waals surface area (Å²) < 4.78 is 19.1. The number of ether oxygens (including phenoxy) is 1. The van der Waals surface area contributed by atoms with Gasteiger partial charge in [-0.05, 0) is 47.7 Å². The van der Waals surface area contributed by atoms with E-state index >= 15 is 0 Å². The summed E-state index contributed by atoms with van der Waals surface area (Å²) in [7, 11) is 0. The number of pyridine rings is 1. The number of aromatic nitrogens is 1. The van der Waals surface area contributed by atoms with Gasteiger partial charge in [0.15, 0.2) is 0 Å². The molecular weight excluding hydrogens is 289 g/mol. The normalized spacial score (nSPS) is 10.8. The van der Waals surface area contributed by atoms with Crippen LogP contribution in [0.3, 0.4) is 0 Å². The fourth-order valence-electron chi connectivity index (χ4n) is 2.21. The number of hydrogen-bond donors (Lipinski definition) is 0. The van der Waals surface area contributed by atoms with Gasteiger partial charge in [0.2, 0.25) is 5.88 Å². The Morgan fingerprint density at radius 2 is 1.90 bits per heavy atom. The van der Waals surface area contributed by atoms with E-state index < -0.39 is 0 Å². The van der Waals surface area contributed by atoms with Gasteiger partial charge < -0.3 is 4.74 Å². The van der Waals surface area contributed by atoms with Gasteiger partial charge in [-0.25, -0.2) is 9.37 Å². The Morgan fingerprint density at radius 1 is 1.14 bits per heavy atom. The van der Waals surface area contributed by atoms with E-state index in [0.29, 0.717) is 23.1 Å². The number of rotatable bonds is 3. The summed E-state index contributed by atoms with van der Waals surface area (Å²) in [5.41, 5.74) is 1.49. The number of halogens is 2. The molecule has 21 heavy (non-hydrogen) atoms. The zero-order valence-electron chi connectivity index (χ0n) is 11.4. The molecule has 2 nitrogen and oxygen atoms in total. The van der Waals surface area contributed by atoms with Crippen molar-refractivity contribution in [1.82, 2.24) is 4.98 Å². The topological polar surface area (TPSA) is 22.1 Å². The van der Waals surface area contributed by atoms with Crippen LogP contribution in [0.2, 0.25) is 0 Å². The molecule has 0 spiro atoms. The number of aryl methyl sites for hydroxylation is 1. The second-order valence-electron chi connectivity index (χ2n) is 4.78. The second-order valence-corrected chi connectivity index (χ2v) is 5.05. The summed E-state index contributed by atoms with van der Waals surface area (Å²) in [5, 5.41) is 1.90. The van der Waals surface area contributed by atoms with E-state index in [9.17, 15) is 4.39 Å². The molecule has 0 aliphatic carbocycles. The van der Waals surface area contributed by atoms with Gasteiger partial charge in [0.05, 0.1) is 0 Å². The zero-order valence-corrected chi connectivity index (χ0v) is 12.2. The van der Waals surface area contributed by atoms with Crippen molar-refractivity contribution in [3.63, 3.8) is 0 Å². The summed E-state index contributed by atoms with van der Waals surface area (Å²) in [4.78, 5) is 4.32. The predicted molar refractivity (Wildman–Crippen MR) is 82.5 cm³/mol. The number of alkyl halides is 1.